The SMILES string of the molecule is CC[C@@H](c1ccc(N(C)C)cc1)N(CC)c1ccc(Cl)cc1. The van der Waals surface area contributed by atoms with Crippen molar-refractivity contribution in [2.24, 2.45) is 0 Å². The van der Waals surface area contributed by atoms with E-state index in [1.807, 2.05) is 12.1 Å². The Morgan fingerprint density at radius 2 is 1.41 bits per heavy atom. The lowest BCUT2D eigenvalue weighted by atomic mass is 10.0. The summed E-state index contributed by atoms with van der Waals surface area (Å²) in [6.45, 7) is 5.41. The molecule has 0 amide bonds. The van der Waals surface area contributed by atoms with Crippen LogP contribution in [0, 0.1) is 0 Å². The second kappa shape index (κ2) is 7.55. The van der Waals surface area contributed by atoms with Gasteiger partial charge in [0.25, 0.3) is 0 Å². The maximum absolute atomic E-state index is 6.01. The van der Waals surface area contributed by atoms with Crippen LogP contribution in [0.15, 0.2) is 48.5 Å². The van der Waals surface area contributed by atoms with Crippen molar-refractivity contribution >= 4 is 23.0 Å². The summed E-state index contributed by atoms with van der Waals surface area (Å²) in [7, 11) is 4.14. The molecule has 0 saturated heterocycles. The Kier molecular flexibility index (Phi) is 5.73. The molecule has 0 heterocycles. The van der Waals surface area contributed by atoms with E-state index in [1.165, 1.54) is 16.9 Å². The predicted molar refractivity (Wildman–Crippen MR) is 98.3 cm³/mol. The Bertz CT molecular complexity index is 575. The molecule has 0 aromatic heterocycles. The van der Waals surface area contributed by atoms with Gasteiger partial charge in [0.05, 0.1) is 6.04 Å². The van der Waals surface area contributed by atoms with Crippen molar-refractivity contribution in [2.45, 2.75) is 26.3 Å². The summed E-state index contributed by atoms with van der Waals surface area (Å²) < 4.78 is 0. The van der Waals surface area contributed by atoms with Crippen molar-refractivity contribution in [2.75, 3.05) is 30.4 Å². The van der Waals surface area contributed by atoms with Gasteiger partial charge in [0.1, 0.15) is 0 Å². The molecule has 2 aromatic carbocycles. The minimum Gasteiger partial charge on any atom is -0.378 e. The summed E-state index contributed by atoms with van der Waals surface area (Å²) >= 11 is 6.01. The smallest absolute Gasteiger partial charge is 0.0539 e. The minimum atomic E-state index is 0.377. The Morgan fingerprint density at radius 3 is 1.86 bits per heavy atom. The van der Waals surface area contributed by atoms with Gasteiger partial charge >= 0.3 is 0 Å². The molecule has 2 nitrogen and oxygen atoms in total. The van der Waals surface area contributed by atoms with Crippen LogP contribution in [0.3, 0.4) is 0 Å². The van der Waals surface area contributed by atoms with E-state index in [-0.39, 0.29) is 0 Å². The first-order valence-corrected chi connectivity index (χ1v) is 8.24. The van der Waals surface area contributed by atoms with Crippen molar-refractivity contribution in [1.29, 1.82) is 0 Å². The Labute approximate surface area is 139 Å². The second-order valence-corrected chi connectivity index (χ2v) is 6.11. The zero-order valence-electron chi connectivity index (χ0n) is 13.9. The molecule has 0 N–H and O–H groups in total. The van der Waals surface area contributed by atoms with Crippen LogP contribution in [0.2, 0.25) is 5.02 Å². The van der Waals surface area contributed by atoms with E-state index in [0.717, 1.165) is 18.0 Å². The first kappa shape index (κ1) is 16.7. The Balaban J connectivity index is 2.29. The second-order valence-electron chi connectivity index (χ2n) is 5.67. The topological polar surface area (TPSA) is 6.48 Å². The van der Waals surface area contributed by atoms with E-state index in [1.54, 1.807) is 0 Å². The van der Waals surface area contributed by atoms with E-state index in [9.17, 15) is 0 Å². The molecule has 0 fully saturated rings. The van der Waals surface area contributed by atoms with E-state index >= 15 is 0 Å². The molecule has 22 heavy (non-hydrogen) atoms. The molecule has 0 saturated carbocycles. The molecule has 0 spiro atoms. The van der Waals surface area contributed by atoms with Gasteiger partial charge in [-0.3, -0.25) is 0 Å². The standard InChI is InChI=1S/C19H25ClN2/c1-5-19(15-7-11-17(12-8-15)21(3)4)22(6-2)18-13-9-16(20)10-14-18/h7-14,19H,5-6H2,1-4H3/t19-/m0/s1. The summed E-state index contributed by atoms with van der Waals surface area (Å²) in [5, 5.41) is 0.781. The number of rotatable bonds is 6. The average molecular weight is 317 g/mol. The zero-order chi connectivity index (χ0) is 16.1. The van der Waals surface area contributed by atoms with Crippen LogP contribution in [0.4, 0.5) is 11.4 Å². The van der Waals surface area contributed by atoms with E-state index in [0.29, 0.717) is 6.04 Å². The lowest BCUT2D eigenvalue weighted by Crippen LogP contribution is -2.28. The summed E-state index contributed by atoms with van der Waals surface area (Å²) in [5.41, 5.74) is 3.80. The summed E-state index contributed by atoms with van der Waals surface area (Å²) in [4.78, 5) is 4.56. The zero-order valence-corrected chi connectivity index (χ0v) is 14.6. The van der Waals surface area contributed by atoms with Gasteiger partial charge in [0.15, 0.2) is 0 Å². The Morgan fingerprint density at radius 1 is 0.864 bits per heavy atom. The molecule has 0 radical (unpaired) electrons. The molecule has 2 rings (SSSR count). The quantitative estimate of drug-likeness (QED) is 0.705. The maximum atomic E-state index is 6.01. The fraction of sp³-hybridized carbons (Fsp3) is 0.368. The number of hydrogen-bond donors (Lipinski definition) is 0. The highest BCUT2D eigenvalue weighted by atomic mass is 35.5. The average Bonchev–Trinajstić information content (AvgIpc) is 2.53. The molecule has 0 aliphatic heterocycles. The normalized spacial score (nSPS) is 12.0. The molecule has 0 aliphatic rings. The van der Waals surface area contributed by atoms with E-state index in [4.69, 9.17) is 11.6 Å². The summed E-state index contributed by atoms with van der Waals surface area (Å²) in [6.07, 6.45) is 1.07. The van der Waals surface area contributed by atoms with Crippen LogP contribution in [0.25, 0.3) is 0 Å². The van der Waals surface area contributed by atoms with Crippen LogP contribution < -0.4 is 9.80 Å². The number of hydrogen-bond acceptors (Lipinski definition) is 2. The van der Waals surface area contributed by atoms with Gasteiger partial charge < -0.3 is 9.80 Å². The number of anilines is 2. The fourth-order valence-corrected chi connectivity index (χ4v) is 2.97. The summed E-state index contributed by atoms with van der Waals surface area (Å²) in [6, 6.07) is 17.3. The van der Waals surface area contributed by atoms with Gasteiger partial charge in [-0.2, -0.15) is 0 Å². The van der Waals surface area contributed by atoms with Gasteiger partial charge in [0.2, 0.25) is 0 Å². The lowest BCUT2D eigenvalue weighted by molar-refractivity contribution is 0.615. The largest absolute Gasteiger partial charge is 0.378 e. The van der Waals surface area contributed by atoms with E-state index in [2.05, 4.69) is 74.1 Å². The fourth-order valence-electron chi connectivity index (χ4n) is 2.85. The van der Waals surface area contributed by atoms with Crippen LogP contribution in [0.1, 0.15) is 31.9 Å². The molecule has 0 unspecified atom stereocenters. The Hall–Kier alpha value is -1.67. The number of nitrogens with zero attached hydrogens (tertiary/aromatic N) is 2. The first-order valence-electron chi connectivity index (χ1n) is 7.86. The third-order valence-corrected chi connectivity index (χ3v) is 4.31. The van der Waals surface area contributed by atoms with Crippen molar-refractivity contribution in [1.82, 2.24) is 0 Å². The summed E-state index contributed by atoms with van der Waals surface area (Å²) in [5.74, 6) is 0. The molecular formula is C19H25ClN2. The third kappa shape index (κ3) is 3.75. The monoisotopic (exact) mass is 316 g/mol. The van der Waals surface area contributed by atoms with E-state index < -0.39 is 0 Å². The molecule has 2 aromatic rings. The van der Waals surface area contributed by atoms with Crippen molar-refractivity contribution in [3.05, 3.63) is 59.1 Å². The number of halogens is 1. The van der Waals surface area contributed by atoms with Crippen LogP contribution in [-0.2, 0) is 0 Å². The van der Waals surface area contributed by atoms with Gasteiger partial charge in [-0.1, -0.05) is 30.7 Å². The van der Waals surface area contributed by atoms with Crippen molar-refractivity contribution < 1.29 is 0 Å². The highest BCUT2D eigenvalue weighted by Crippen LogP contribution is 2.31. The van der Waals surface area contributed by atoms with Gasteiger partial charge in [-0.05, 0) is 55.3 Å². The lowest BCUT2D eigenvalue weighted by Gasteiger charge is -2.33. The minimum absolute atomic E-state index is 0.377. The van der Waals surface area contributed by atoms with Gasteiger partial charge in [-0.15, -0.1) is 0 Å². The van der Waals surface area contributed by atoms with Crippen molar-refractivity contribution in [3.63, 3.8) is 0 Å². The van der Waals surface area contributed by atoms with Crippen molar-refractivity contribution in [3.8, 4) is 0 Å². The molecular weight excluding hydrogens is 292 g/mol. The maximum Gasteiger partial charge on any atom is 0.0539 e. The molecule has 0 aliphatic carbocycles. The number of benzene rings is 2. The van der Waals surface area contributed by atoms with Gasteiger partial charge in [0, 0.05) is 37.0 Å². The highest BCUT2D eigenvalue weighted by Gasteiger charge is 2.18. The molecule has 0 bridgehead atoms. The predicted octanol–water partition coefficient (Wildman–Crippen LogP) is 5.38. The van der Waals surface area contributed by atoms with Crippen LogP contribution >= 0.6 is 11.6 Å². The highest BCUT2D eigenvalue weighted by molar-refractivity contribution is 6.30. The third-order valence-electron chi connectivity index (χ3n) is 4.06. The van der Waals surface area contributed by atoms with Gasteiger partial charge in [-0.25, -0.2) is 0 Å². The van der Waals surface area contributed by atoms with Crippen LogP contribution in [-0.4, -0.2) is 20.6 Å². The molecule has 118 valence electrons. The first-order chi connectivity index (χ1) is 10.6. The van der Waals surface area contributed by atoms with Crippen LogP contribution in [0.5, 0.6) is 0 Å². The molecule has 3 heteroatoms. The molecule has 1 atom stereocenters.